The quantitative estimate of drug-likeness (QED) is 0.449. The van der Waals surface area contributed by atoms with Gasteiger partial charge in [0, 0.05) is 36.5 Å². The number of aryl methyl sites for hydroxylation is 1. The first-order valence-corrected chi connectivity index (χ1v) is 11.5. The van der Waals surface area contributed by atoms with Gasteiger partial charge in [-0.1, -0.05) is 17.7 Å². The summed E-state index contributed by atoms with van der Waals surface area (Å²) in [5, 5.41) is 18.5. The second-order valence-electron chi connectivity index (χ2n) is 9.35. The van der Waals surface area contributed by atoms with Gasteiger partial charge >= 0.3 is 0 Å². The highest BCUT2D eigenvalue weighted by molar-refractivity contribution is 6.03. The van der Waals surface area contributed by atoms with Crippen LogP contribution in [0, 0.1) is 6.92 Å². The van der Waals surface area contributed by atoms with Crippen LogP contribution in [0.5, 0.6) is 0 Å². The molecule has 5 rings (SSSR count). The Kier molecular flexibility index (Phi) is 5.71. The summed E-state index contributed by atoms with van der Waals surface area (Å²) >= 11 is 0. The van der Waals surface area contributed by atoms with Gasteiger partial charge in [-0.25, -0.2) is 9.50 Å². The number of hydrogen-bond acceptors (Lipinski definition) is 6. The summed E-state index contributed by atoms with van der Waals surface area (Å²) in [7, 11) is 0. The van der Waals surface area contributed by atoms with E-state index in [4.69, 9.17) is 14.3 Å². The minimum atomic E-state index is -1.20. The Balaban J connectivity index is 1.45. The summed E-state index contributed by atoms with van der Waals surface area (Å²) in [5.41, 5.74) is 3.73. The molecule has 1 fully saturated rings. The van der Waals surface area contributed by atoms with Crippen LogP contribution in [0.15, 0.2) is 53.3 Å². The van der Waals surface area contributed by atoms with Gasteiger partial charge in [0.05, 0.1) is 22.5 Å². The van der Waals surface area contributed by atoms with Crippen molar-refractivity contribution in [3.8, 4) is 11.5 Å². The van der Waals surface area contributed by atoms with Crippen molar-refractivity contribution in [1.82, 2.24) is 14.6 Å². The van der Waals surface area contributed by atoms with E-state index in [1.165, 1.54) is 6.26 Å². The molecule has 0 aliphatic carbocycles. The number of carbonyl (C=O) groups is 1. The maximum absolute atomic E-state index is 13.0. The van der Waals surface area contributed by atoms with Crippen molar-refractivity contribution in [1.29, 1.82) is 0 Å². The third-order valence-corrected chi connectivity index (χ3v) is 6.17. The van der Waals surface area contributed by atoms with E-state index in [1.807, 2.05) is 43.3 Å². The zero-order valence-corrected chi connectivity index (χ0v) is 19.5. The molecule has 1 saturated heterocycles. The van der Waals surface area contributed by atoms with Gasteiger partial charge in [-0.05, 0) is 57.9 Å². The van der Waals surface area contributed by atoms with E-state index in [9.17, 15) is 9.90 Å². The minimum Gasteiger partial charge on any atom is -0.444 e. The number of nitrogens with one attached hydrogen (secondary N) is 1. The molecule has 0 radical (unpaired) electrons. The molecule has 1 aliphatic heterocycles. The Labute approximate surface area is 197 Å². The minimum absolute atomic E-state index is 0.162. The smallest absolute Gasteiger partial charge is 0.277 e. The van der Waals surface area contributed by atoms with Crippen molar-refractivity contribution >= 4 is 17.1 Å². The molecule has 4 aromatic rings. The Hall–Kier alpha value is -3.49. The highest BCUT2D eigenvalue weighted by atomic mass is 16.5. The molecule has 0 atom stereocenters. The molecule has 8 heteroatoms. The molecule has 176 valence electrons. The number of hydrogen-bond donors (Lipinski definition) is 2. The predicted octanol–water partition coefficient (Wildman–Crippen LogP) is 4.67. The number of nitrogens with zero attached hydrogens (tertiary/aromatic N) is 3. The number of pyridine rings is 1. The Morgan fingerprint density at radius 3 is 2.74 bits per heavy atom. The average Bonchev–Trinajstić information content (AvgIpc) is 3.46. The first-order chi connectivity index (χ1) is 16.3. The lowest BCUT2D eigenvalue weighted by Gasteiger charge is -2.22. The number of anilines is 1. The van der Waals surface area contributed by atoms with Crippen LogP contribution in [0.2, 0.25) is 0 Å². The van der Waals surface area contributed by atoms with E-state index in [0.717, 1.165) is 48.4 Å². The molecule has 3 aromatic heterocycles. The fourth-order valence-corrected chi connectivity index (χ4v) is 4.32. The second-order valence-corrected chi connectivity index (χ2v) is 9.35. The average molecular weight is 461 g/mol. The third kappa shape index (κ3) is 4.47. The molecule has 1 aliphatic rings. The van der Waals surface area contributed by atoms with Crippen molar-refractivity contribution in [2.45, 2.75) is 45.1 Å². The van der Waals surface area contributed by atoms with Crippen molar-refractivity contribution in [3.05, 3.63) is 71.4 Å². The van der Waals surface area contributed by atoms with Gasteiger partial charge in [-0.2, -0.15) is 5.10 Å². The summed E-state index contributed by atoms with van der Waals surface area (Å²) in [6.07, 6.45) is 4.98. The van der Waals surface area contributed by atoms with E-state index in [1.54, 1.807) is 24.6 Å². The fraction of sp³-hybridized carbons (Fsp3) is 0.346. The SMILES string of the molecule is Cc1cccc(-c2nc(C(=O)Nc3cc4cc(C5CCOCC5)nn4cc3C(C)(C)O)co2)c1. The number of benzene rings is 1. The molecule has 1 aromatic carbocycles. The van der Waals surface area contributed by atoms with Crippen LogP contribution < -0.4 is 5.32 Å². The summed E-state index contributed by atoms with van der Waals surface area (Å²) in [6, 6.07) is 11.6. The Bertz CT molecular complexity index is 1340. The molecule has 0 saturated carbocycles. The number of amides is 1. The van der Waals surface area contributed by atoms with Crippen molar-refractivity contribution in [2.24, 2.45) is 0 Å². The van der Waals surface area contributed by atoms with E-state index in [-0.39, 0.29) is 5.69 Å². The molecule has 2 N–H and O–H groups in total. The van der Waals surface area contributed by atoms with E-state index in [2.05, 4.69) is 10.3 Å². The number of carbonyl (C=O) groups excluding carboxylic acids is 1. The molecule has 0 unspecified atom stereocenters. The van der Waals surface area contributed by atoms with Gasteiger partial charge in [-0.15, -0.1) is 0 Å². The van der Waals surface area contributed by atoms with Crippen LogP contribution in [-0.4, -0.2) is 38.8 Å². The van der Waals surface area contributed by atoms with Crippen LogP contribution in [0.25, 0.3) is 17.0 Å². The second kappa shape index (κ2) is 8.70. The van der Waals surface area contributed by atoms with Gasteiger partial charge in [0.2, 0.25) is 5.89 Å². The maximum Gasteiger partial charge on any atom is 0.277 e. The standard InChI is InChI=1S/C26H28N4O4/c1-16-5-4-6-18(11-16)25-28-23(15-34-25)24(31)27-22-13-19-12-21(17-7-9-33-10-8-17)29-30(19)14-20(22)26(2,3)32/h4-6,11-15,17,32H,7-10H2,1-3H3,(H,27,31). The topological polar surface area (TPSA) is 102 Å². The molecule has 4 heterocycles. The first-order valence-electron chi connectivity index (χ1n) is 11.5. The number of aromatic nitrogens is 3. The van der Waals surface area contributed by atoms with Crippen LogP contribution in [-0.2, 0) is 10.3 Å². The predicted molar refractivity (Wildman–Crippen MR) is 128 cm³/mol. The first kappa shape index (κ1) is 22.3. The van der Waals surface area contributed by atoms with Gasteiger partial charge in [-0.3, -0.25) is 4.79 Å². The van der Waals surface area contributed by atoms with Crippen LogP contribution >= 0.6 is 0 Å². The lowest BCUT2D eigenvalue weighted by molar-refractivity contribution is 0.0787. The number of ether oxygens (including phenoxy) is 1. The van der Waals surface area contributed by atoms with Crippen molar-refractivity contribution in [3.63, 3.8) is 0 Å². The lowest BCUT2D eigenvalue weighted by Crippen LogP contribution is -2.22. The maximum atomic E-state index is 13.0. The number of fused-ring (bicyclic) bond motifs is 1. The third-order valence-electron chi connectivity index (χ3n) is 6.17. The van der Waals surface area contributed by atoms with Gasteiger partial charge in [0.25, 0.3) is 5.91 Å². The lowest BCUT2D eigenvalue weighted by atomic mass is 9.96. The summed E-state index contributed by atoms with van der Waals surface area (Å²) in [5.74, 6) is 0.304. The van der Waals surface area contributed by atoms with Crippen LogP contribution in [0.3, 0.4) is 0 Å². The number of oxazole rings is 1. The number of rotatable bonds is 5. The van der Waals surface area contributed by atoms with E-state index in [0.29, 0.717) is 23.1 Å². The van der Waals surface area contributed by atoms with Crippen molar-refractivity contribution < 1.29 is 19.1 Å². The zero-order valence-electron chi connectivity index (χ0n) is 19.5. The Morgan fingerprint density at radius 1 is 1.21 bits per heavy atom. The highest BCUT2D eigenvalue weighted by Gasteiger charge is 2.25. The Morgan fingerprint density at radius 2 is 2.00 bits per heavy atom. The van der Waals surface area contributed by atoms with E-state index < -0.39 is 11.5 Å². The van der Waals surface area contributed by atoms with Gasteiger partial charge < -0.3 is 19.6 Å². The molecule has 34 heavy (non-hydrogen) atoms. The normalized spacial score (nSPS) is 15.1. The van der Waals surface area contributed by atoms with Crippen molar-refractivity contribution in [2.75, 3.05) is 18.5 Å². The largest absolute Gasteiger partial charge is 0.444 e. The highest BCUT2D eigenvalue weighted by Crippen LogP contribution is 2.32. The monoisotopic (exact) mass is 460 g/mol. The molecule has 8 nitrogen and oxygen atoms in total. The summed E-state index contributed by atoms with van der Waals surface area (Å²) in [4.78, 5) is 17.4. The summed E-state index contributed by atoms with van der Waals surface area (Å²) < 4.78 is 12.8. The zero-order chi connectivity index (χ0) is 23.9. The molecular weight excluding hydrogens is 432 g/mol. The fourth-order valence-electron chi connectivity index (χ4n) is 4.32. The number of aliphatic hydroxyl groups is 1. The summed E-state index contributed by atoms with van der Waals surface area (Å²) in [6.45, 7) is 6.81. The molecule has 0 spiro atoms. The molecular formula is C26H28N4O4. The molecule has 1 amide bonds. The van der Waals surface area contributed by atoms with E-state index >= 15 is 0 Å². The van der Waals surface area contributed by atoms with Crippen LogP contribution in [0.1, 0.15) is 59.9 Å². The van der Waals surface area contributed by atoms with Gasteiger partial charge in [0.15, 0.2) is 5.69 Å². The molecule has 0 bridgehead atoms. The van der Waals surface area contributed by atoms with Crippen LogP contribution in [0.4, 0.5) is 5.69 Å². The van der Waals surface area contributed by atoms with Gasteiger partial charge in [0.1, 0.15) is 6.26 Å².